The van der Waals surface area contributed by atoms with Crippen molar-refractivity contribution >= 4 is 17.7 Å². The van der Waals surface area contributed by atoms with E-state index in [1.165, 1.54) is 0 Å². The Kier molecular flexibility index (Phi) is 4.22. The van der Waals surface area contributed by atoms with Gasteiger partial charge < -0.3 is 9.84 Å². The smallest absolute Gasteiger partial charge is 0.207 e. The van der Waals surface area contributed by atoms with E-state index in [0.29, 0.717) is 22.7 Å². The van der Waals surface area contributed by atoms with Crippen LogP contribution in [0.1, 0.15) is 17.2 Å². The number of para-hydroxylation sites is 1. The van der Waals surface area contributed by atoms with E-state index in [1.54, 1.807) is 6.07 Å². The van der Waals surface area contributed by atoms with Gasteiger partial charge in [-0.2, -0.15) is 0 Å². The quantitative estimate of drug-likeness (QED) is 0.685. The summed E-state index contributed by atoms with van der Waals surface area (Å²) in [5.74, 6) is 1.04. The summed E-state index contributed by atoms with van der Waals surface area (Å²) in [4.78, 5) is 0. The van der Waals surface area contributed by atoms with Crippen LogP contribution in [0, 0.1) is 0 Å². The zero-order valence-electron chi connectivity index (χ0n) is 15.3. The Bertz CT molecular complexity index is 1260. The van der Waals surface area contributed by atoms with Crippen molar-refractivity contribution in [3.05, 3.63) is 106 Å². The van der Waals surface area contributed by atoms with Crippen LogP contribution in [0.2, 0.25) is 0 Å². The highest BCUT2D eigenvalue weighted by Gasteiger charge is 2.24. The zero-order valence-corrected chi connectivity index (χ0v) is 15.3. The van der Waals surface area contributed by atoms with Crippen molar-refractivity contribution in [2.45, 2.75) is 6.10 Å². The van der Waals surface area contributed by atoms with Crippen LogP contribution in [-0.2, 0) is 0 Å². The number of ether oxygens (including phenoxy) is 1. The van der Waals surface area contributed by atoms with Gasteiger partial charge in [0.2, 0.25) is 5.82 Å². The molecule has 6 heteroatoms. The summed E-state index contributed by atoms with van der Waals surface area (Å²) in [6, 6.07) is 24.7. The van der Waals surface area contributed by atoms with Crippen LogP contribution in [0.5, 0.6) is 5.75 Å². The predicted octanol–water partition coefficient (Wildman–Crippen LogP) is 3.27. The molecular formula is C23H15N4O2-. The fourth-order valence-electron chi connectivity index (χ4n) is 3.41. The molecule has 0 unspecified atom stereocenters. The molecule has 0 N–H and O–H groups in total. The van der Waals surface area contributed by atoms with E-state index in [1.807, 2.05) is 78.9 Å². The van der Waals surface area contributed by atoms with Crippen molar-refractivity contribution < 1.29 is 9.84 Å². The van der Waals surface area contributed by atoms with E-state index >= 15 is 0 Å². The molecule has 0 saturated heterocycles. The summed E-state index contributed by atoms with van der Waals surface area (Å²) < 4.78 is 6.23. The van der Waals surface area contributed by atoms with E-state index in [-0.39, 0.29) is 5.76 Å². The Hall–Kier alpha value is -4.06. The molecule has 0 aliphatic carbocycles. The fourth-order valence-corrected chi connectivity index (χ4v) is 3.41. The van der Waals surface area contributed by atoms with Gasteiger partial charge in [0.15, 0.2) is 0 Å². The minimum absolute atomic E-state index is 0.0300. The zero-order chi connectivity index (χ0) is 19.6. The molecule has 29 heavy (non-hydrogen) atoms. The second-order valence-corrected chi connectivity index (χ2v) is 6.66. The van der Waals surface area contributed by atoms with Gasteiger partial charge in [0.25, 0.3) is 0 Å². The molecule has 3 aromatic rings. The molecule has 0 saturated carbocycles. The summed E-state index contributed by atoms with van der Waals surface area (Å²) in [5, 5.41) is 29.7. The van der Waals surface area contributed by atoms with Gasteiger partial charge in [-0.1, -0.05) is 78.6 Å². The maximum absolute atomic E-state index is 13.3. The molecule has 1 atom stereocenters. The van der Waals surface area contributed by atoms with Crippen molar-refractivity contribution in [2.24, 2.45) is 20.7 Å². The van der Waals surface area contributed by atoms with Crippen molar-refractivity contribution in [2.75, 3.05) is 0 Å². The molecule has 0 spiro atoms. The van der Waals surface area contributed by atoms with Crippen molar-refractivity contribution in [3.8, 4) is 5.75 Å². The van der Waals surface area contributed by atoms with Crippen LogP contribution < -0.4 is 20.3 Å². The molecule has 0 amide bonds. The highest BCUT2D eigenvalue weighted by atomic mass is 16.5. The fraction of sp³-hybridized carbons (Fsp3) is 0.0435. The van der Waals surface area contributed by atoms with Crippen LogP contribution >= 0.6 is 0 Å². The first-order valence-electron chi connectivity index (χ1n) is 9.16. The van der Waals surface area contributed by atoms with E-state index in [4.69, 9.17) is 4.74 Å². The highest BCUT2D eigenvalue weighted by molar-refractivity contribution is 5.77. The molecule has 140 valence electrons. The predicted molar refractivity (Wildman–Crippen MR) is 106 cm³/mol. The Morgan fingerprint density at radius 2 is 1.48 bits per heavy atom. The van der Waals surface area contributed by atoms with E-state index in [2.05, 4.69) is 20.7 Å². The van der Waals surface area contributed by atoms with Crippen molar-refractivity contribution in [1.29, 1.82) is 0 Å². The molecule has 0 aromatic heterocycles. The normalized spacial score (nSPS) is 17.2. The summed E-state index contributed by atoms with van der Waals surface area (Å²) in [5.41, 5.74) is 2.10. The van der Waals surface area contributed by atoms with E-state index < -0.39 is 6.10 Å². The average Bonchev–Trinajstić information content (AvgIpc) is 3.32. The maximum atomic E-state index is 13.3. The molecule has 2 heterocycles. The lowest BCUT2D eigenvalue weighted by atomic mass is 9.93. The standard InChI is InChI=1S/C23H16N4O2/c28-21-18-8-4-5-9-20(18)29-22(16-6-2-1-3-7-16)19(21)14-15-10-12-17(13-11-15)23-24-26-27-25-23/h1-14,22,28H/p-1/t22-/m1/s1. The van der Waals surface area contributed by atoms with Gasteiger partial charge in [0.05, 0.1) is 0 Å². The van der Waals surface area contributed by atoms with E-state index in [9.17, 15) is 5.11 Å². The number of nitrogens with zero attached hydrogens (tertiary/aromatic N) is 4. The third-order valence-electron chi connectivity index (χ3n) is 4.83. The molecule has 3 aromatic carbocycles. The number of hydrogen-bond acceptors (Lipinski definition) is 6. The first kappa shape index (κ1) is 17.1. The molecule has 6 nitrogen and oxygen atoms in total. The minimum atomic E-state index is -0.468. The van der Waals surface area contributed by atoms with Gasteiger partial charge in [0.1, 0.15) is 11.9 Å². The molecule has 0 fully saturated rings. The molecule has 0 radical (unpaired) electrons. The molecular weight excluding hydrogens is 364 g/mol. The monoisotopic (exact) mass is 379 g/mol. The Morgan fingerprint density at radius 3 is 2.24 bits per heavy atom. The van der Waals surface area contributed by atoms with Gasteiger partial charge >= 0.3 is 0 Å². The van der Waals surface area contributed by atoms with Crippen LogP contribution in [0.3, 0.4) is 0 Å². The van der Waals surface area contributed by atoms with Gasteiger partial charge in [-0.3, -0.25) is 0 Å². The largest absolute Gasteiger partial charge is 0.872 e. The van der Waals surface area contributed by atoms with Crippen LogP contribution in [0.15, 0.2) is 105 Å². The molecule has 2 aliphatic rings. The summed E-state index contributed by atoms with van der Waals surface area (Å²) in [7, 11) is 0. The number of fused-ring (bicyclic) bond motifs is 1. The molecule has 2 aliphatic heterocycles. The third-order valence-corrected chi connectivity index (χ3v) is 4.83. The number of benzene rings is 3. The second kappa shape index (κ2) is 7.16. The molecule has 0 bridgehead atoms. The Morgan fingerprint density at radius 1 is 0.793 bits per heavy atom. The first-order valence-corrected chi connectivity index (χ1v) is 9.16. The minimum Gasteiger partial charge on any atom is -0.872 e. The Balaban J connectivity index is 1.65. The summed E-state index contributed by atoms with van der Waals surface area (Å²) >= 11 is 0. The van der Waals surface area contributed by atoms with E-state index in [0.717, 1.165) is 16.0 Å². The van der Waals surface area contributed by atoms with Gasteiger partial charge in [-0.15, -0.1) is 10.2 Å². The number of rotatable bonds is 2. The second-order valence-electron chi connectivity index (χ2n) is 6.66. The van der Waals surface area contributed by atoms with Crippen molar-refractivity contribution in [1.82, 2.24) is 0 Å². The number of hydrogen-bond donors (Lipinski definition) is 0. The molecule has 5 rings (SSSR count). The van der Waals surface area contributed by atoms with Gasteiger partial charge in [-0.25, -0.2) is 0 Å². The third kappa shape index (κ3) is 3.21. The Labute approximate surface area is 166 Å². The maximum Gasteiger partial charge on any atom is 0.207 e. The summed E-state index contributed by atoms with van der Waals surface area (Å²) in [6.07, 6.45) is 1.41. The lowest BCUT2D eigenvalue weighted by Gasteiger charge is -2.33. The first-order chi connectivity index (χ1) is 14.3. The van der Waals surface area contributed by atoms with Gasteiger partial charge in [-0.05, 0) is 38.9 Å². The lowest BCUT2D eigenvalue weighted by molar-refractivity contribution is -0.246. The van der Waals surface area contributed by atoms with Crippen molar-refractivity contribution in [3.63, 3.8) is 0 Å². The van der Waals surface area contributed by atoms with Crippen LogP contribution in [0.25, 0.3) is 17.7 Å². The SMILES string of the molecule is [O-]C1=C(C=c2ccc(=C3N=NN=N3)cc2)[C@@H](c2ccccc2)Oc2ccccc21. The topological polar surface area (TPSA) is 81.7 Å². The van der Waals surface area contributed by atoms with Gasteiger partial charge in [0, 0.05) is 10.8 Å². The van der Waals surface area contributed by atoms with Crippen LogP contribution in [0.4, 0.5) is 0 Å². The van der Waals surface area contributed by atoms with Crippen LogP contribution in [-0.4, -0.2) is 0 Å². The highest BCUT2D eigenvalue weighted by Crippen LogP contribution is 2.40. The summed E-state index contributed by atoms with van der Waals surface area (Å²) in [6.45, 7) is 0. The average molecular weight is 379 g/mol. The lowest BCUT2D eigenvalue weighted by Crippen LogP contribution is -2.22.